The Morgan fingerprint density at radius 3 is 2.47 bits per heavy atom. The Morgan fingerprint density at radius 1 is 1.06 bits per heavy atom. The maximum absolute atomic E-state index is 13.3. The molecule has 2 aromatic carbocycles. The number of aromatic nitrogens is 2. The monoisotopic (exact) mass is 469 g/mol. The minimum absolute atomic E-state index is 0.0488. The molecule has 9 heteroatoms. The van der Waals surface area contributed by atoms with Crippen LogP contribution in [0, 0.1) is 0 Å². The van der Waals surface area contributed by atoms with Crippen LogP contribution in [-0.2, 0) is 16.4 Å². The third-order valence-electron chi connectivity index (χ3n) is 4.56. The van der Waals surface area contributed by atoms with Crippen molar-refractivity contribution in [2.24, 2.45) is 0 Å². The van der Waals surface area contributed by atoms with E-state index in [2.05, 4.69) is 15.3 Å². The molecule has 4 rings (SSSR count). The van der Waals surface area contributed by atoms with Gasteiger partial charge < -0.3 is 14.5 Å². The molecule has 0 amide bonds. The zero-order valence-electron chi connectivity index (χ0n) is 17.2. The Labute approximate surface area is 191 Å². The van der Waals surface area contributed by atoms with E-state index in [0.717, 1.165) is 5.56 Å². The number of rotatable bonds is 8. The van der Waals surface area contributed by atoms with Crippen LogP contribution in [0.1, 0.15) is 12.5 Å². The van der Waals surface area contributed by atoms with Crippen molar-refractivity contribution in [1.29, 1.82) is 0 Å². The van der Waals surface area contributed by atoms with Gasteiger partial charge in [-0.25, -0.2) is 8.42 Å². The molecule has 0 aliphatic carbocycles. The number of halogens is 1. The van der Waals surface area contributed by atoms with E-state index in [1.807, 2.05) is 13.0 Å². The standard InChI is InChI=1S/C23H20ClN3O4S/c1-2-30-19-9-5-17(6-10-19)21-27-23(32(28,29)20-11-7-18(24)8-12-20)22(31-21)26-15-16-4-3-13-25-14-16/h3-14,26H,2,15H2,1H3. The summed E-state index contributed by atoms with van der Waals surface area (Å²) in [6, 6.07) is 16.7. The zero-order chi connectivity index (χ0) is 22.6. The normalized spacial score (nSPS) is 11.3. The summed E-state index contributed by atoms with van der Waals surface area (Å²) in [5.41, 5.74) is 1.48. The number of hydrogen-bond acceptors (Lipinski definition) is 7. The van der Waals surface area contributed by atoms with Crippen molar-refractivity contribution >= 4 is 27.3 Å². The van der Waals surface area contributed by atoms with Gasteiger partial charge >= 0.3 is 0 Å². The molecule has 1 N–H and O–H groups in total. The highest BCUT2D eigenvalue weighted by Crippen LogP contribution is 2.33. The predicted molar refractivity (Wildman–Crippen MR) is 122 cm³/mol. The molecule has 0 atom stereocenters. The van der Waals surface area contributed by atoms with Gasteiger partial charge in [0.1, 0.15) is 5.75 Å². The summed E-state index contributed by atoms with van der Waals surface area (Å²) in [7, 11) is -3.96. The molecule has 4 aromatic rings. The zero-order valence-corrected chi connectivity index (χ0v) is 18.7. The van der Waals surface area contributed by atoms with Gasteiger partial charge in [0.2, 0.25) is 26.6 Å². The van der Waals surface area contributed by atoms with Gasteiger partial charge in [-0.3, -0.25) is 4.98 Å². The summed E-state index contributed by atoms with van der Waals surface area (Å²) in [6.45, 7) is 2.76. The van der Waals surface area contributed by atoms with E-state index < -0.39 is 9.84 Å². The quantitative estimate of drug-likeness (QED) is 0.377. The molecule has 0 aliphatic heterocycles. The van der Waals surface area contributed by atoms with Crippen LogP contribution in [0.25, 0.3) is 11.5 Å². The Bertz CT molecular complexity index is 1290. The van der Waals surface area contributed by atoms with E-state index in [4.69, 9.17) is 20.8 Å². The second-order valence-corrected chi connectivity index (χ2v) is 9.08. The van der Waals surface area contributed by atoms with Crippen molar-refractivity contribution in [3.63, 3.8) is 0 Å². The lowest BCUT2D eigenvalue weighted by molar-refractivity contribution is 0.340. The van der Waals surface area contributed by atoms with Gasteiger partial charge in [0.05, 0.1) is 11.5 Å². The highest BCUT2D eigenvalue weighted by molar-refractivity contribution is 7.91. The van der Waals surface area contributed by atoms with Gasteiger partial charge in [0.25, 0.3) is 0 Å². The van der Waals surface area contributed by atoms with Crippen LogP contribution in [0.5, 0.6) is 5.75 Å². The first-order chi connectivity index (χ1) is 15.5. The fourth-order valence-corrected chi connectivity index (χ4v) is 4.40. The number of nitrogens with one attached hydrogen (secondary N) is 1. The summed E-state index contributed by atoms with van der Waals surface area (Å²) < 4.78 is 38.0. The third-order valence-corrected chi connectivity index (χ3v) is 6.49. The maximum Gasteiger partial charge on any atom is 0.234 e. The van der Waals surface area contributed by atoms with Crippen LogP contribution in [0.2, 0.25) is 5.02 Å². The van der Waals surface area contributed by atoms with Crippen molar-refractivity contribution in [3.8, 4) is 17.2 Å². The minimum atomic E-state index is -3.96. The lowest BCUT2D eigenvalue weighted by Crippen LogP contribution is -2.07. The topological polar surface area (TPSA) is 94.3 Å². The highest BCUT2D eigenvalue weighted by Gasteiger charge is 2.28. The fraction of sp³-hybridized carbons (Fsp3) is 0.130. The number of ether oxygens (including phenoxy) is 1. The van der Waals surface area contributed by atoms with Crippen molar-refractivity contribution in [3.05, 3.63) is 83.6 Å². The van der Waals surface area contributed by atoms with E-state index in [1.54, 1.807) is 42.7 Å². The first-order valence-corrected chi connectivity index (χ1v) is 11.7. The summed E-state index contributed by atoms with van der Waals surface area (Å²) in [5, 5.41) is 3.28. The number of anilines is 1. The van der Waals surface area contributed by atoms with E-state index in [-0.39, 0.29) is 21.7 Å². The second-order valence-electron chi connectivity index (χ2n) is 6.78. The second kappa shape index (κ2) is 9.42. The van der Waals surface area contributed by atoms with Crippen LogP contribution >= 0.6 is 11.6 Å². The van der Waals surface area contributed by atoms with Crippen molar-refractivity contribution in [1.82, 2.24) is 9.97 Å². The molecule has 7 nitrogen and oxygen atoms in total. The van der Waals surface area contributed by atoms with Crippen LogP contribution in [0.4, 0.5) is 5.88 Å². The van der Waals surface area contributed by atoms with Gasteiger partial charge in [-0.05, 0) is 67.1 Å². The van der Waals surface area contributed by atoms with Crippen molar-refractivity contribution < 1.29 is 17.6 Å². The fourth-order valence-electron chi connectivity index (χ4n) is 2.99. The molecule has 164 valence electrons. The first-order valence-electron chi connectivity index (χ1n) is 9.85. The Balaban J connectivity index is 1.73. The predicted octanol–water partition coefficient (Wildman–Crippen LogP) is 5.23. The Morgan fingerprint density at radius 2 is 1.81 bits per heavy atom. The number of benzene rings is 2. The van der Waals surface area contributed by atoms with Crippen LogP contribution in [-0.4, -0.2) is 25.0 Å². The molecule has 2 aromatic heterocycles. The van der Waals surface area contributed by atoms with Crippen LogP contribution in [0.3, 0.4) is 0 Å². The van der Waals surface area contributed by atoms with Gasteiger partial charge in [0, 0.05) is 29.5 Å². The average Bonchev–Trinajstić information content (AvgIpc) is 3.25. The molecule has 0 aliphatic rings. The van der Waals surface area contributed by atoms with E-state index in [1.165, 1.54) is 24.3 Å². The summed E-state index contributed by atoms with van der Waals surface area (Å²) in [6.07, 6.45) is 3.35. The largest absolute Gasteiger partial charge is 0.494 e. The molecular weight excluding hydrogens is 450 g/mol. The van der Waals surface area contributed by atoms with E-state index in [0.29, 0.717) is 29.5 Å². The van der Waals surface area contributed by atoms with Crippen LogP contribution < -0.4 is 10.1 Å². The Hall–Kier alpha value is -3.36. The lowest BCUT2D eigenvalue weighted by Gasteiger charge is -2.06. The molecule has 2 heterocycles. The van der Waals surface area contributed by atoms with Gasteiger partial charge in [0.15, 0.2) is 0 Å². The molecule has 0 fully saturated rings. The molecule has 0 saturated carbocycles. The number of oxazole rings is 1. The number of sulfone groups is 1. The summed E-state index contributed by atoms with van der Waals surface area (Å²) in [5.74, 6) is 0.925. The average molecular weight is 470 g/mol. The molecular formula is C23H20ClN3O4S. The highest BCUT2D eigenvalue weighted by atomic mass is 35.5. The van der Waals surface area contributed by atoms with Gasteiger partial charge in [-0.2, -0.15) is 4.98 Å². The molecule has 0 bridgehead atoms. The third kappa shape index (κ3) is 4.76. The number of nitrogens with zero attached hydrogens (tertiary/aromatic N) is 2. The molecule has 0 unspecified atom stereocenters. The van der Waals surface area contributed by atoms with Gasteiger partial charge in [-0.15, -0.1) is 0 Å². The van der Waals surface area contributed by atoms with Gasteiger partial charge in [-0.1, -0.05) is 17.7 Å². The molecule has 0 radical (unpaired) electrons. The van der Waals surface area contributed by atoms with Crippen molar-refractivity contribution in [2.45, 2.75) is 23.4 Å². The Kier molecular flexibility index (Phi) is 6.43. The maximum atomic E-state index is 13.3. The minimum Gasteiger partial charge on any atom is -0.494 e. The van der Waals surface area contributed by atoms with E-state index >= 15 is 0 Å². The number of hydrogen-bond donors (Lipinski definition) is 1. The van der Waals surface area contributed by atoms with E-state index in [9.17, 15) is 8.42 Å². The lowest BCUT2D eigenvalue weighted by atomic mass is 10.2. The summed E-state index contributed by atoms with van der Waals surface area (Å²) in [4.78, 5) is 8.47. The molecule has 32 heavy (non-hydrogen) atoms. The number of pyridine rings is 1. The molecule has 0 saturated heterocycles. The first kappa shape index (κ1) is 21.9. The SMILES string of the molecule is CCOc1ccc(-c2nc(S(=O)(=O)c3ccc(Cl)cc3)c(NCc3cccnc3)o2)cc1. The smallest absolute Gasteiger partial charge is 0.234 e. The van der Waals surface area contributed by atoms with Crippen molar-refractivity contribution in [2.75, 3.05) is 11.9 Å². The summed E-state index contributed by atoms with van der Waals surface area (Å²) >= 11 is 5.92. The van der Waals surface area contributed by atoms with Crippen LogP contribution in [0.15, 0.2) is 87.4 Å². The molecule has 0 spiro atoms.